The van der Waals surface area contributed by atoms with E-state index in [1.165, 1.54) is 4.31 Å². The Kier molecular flexibility index (Phi) is 3.05. The van der Waals surface area contributed by atoms with Crippen LogP contribution in [-0.4, -0.2) is 29.4 Å². The SMILES string of the molecule is CCC1CCC(N(C2CC2)S(=O)(=O)O)C1. The van der Waals surface area contributed by atoms with Gasteiger partial charge in [0.05, 0.1) is 0 Å². The molecule has 0 spiro atoms. The fraction of sp³-hybridized carbons (Fsp3) is 1.00. The molecule has 0 aromatic carbocycles. The first kappa shape index (κ1) is 11.4. The lowest BCUT2D eigenvalue weighted by Crippen LogP contribution is -2.40. The van der Waals surface area contributed by atoms with Gasteiger partial charge in [-0.2, -0.15) is 12.7 Å². The van der Waals surface area contributed by atoms with Crippen molar-refractivity contribution in [2.75, 3.05) is 0 Å². The highest BCUT2D eigenvalue weighted by Crippen LogP contribution is 2.38. The summed E-state index contributed by atoms with van der Waals surface area (Å²) >= 11 is 0. The zero-order valence-corrected chi connectivity index (χ0v) is 9.91. The van der Waals surface area contributed by atoms with Crippen molar-refractivity contribution in [1.29, 1.82) is 0 Å². The maximum absolute atomic E-state index is 11.3. The Bertz CT molecular complexity index is 324. The molecular weight excluding hydrogens is 214 g/mol. The first-order chi connectivity index (χ1) is 7.02. The molecule has 0 aliphatic heterocycles. The molecule has 0 aromatic heterocycles. The van der Waals surface area contributed by atoms with Gasteiger partial charge in [-0.05, 0) is 38.0 Å². The Morgan fingerprint density at radius 3 is 2.20 bits per heavy atom. The van der Waals surface area contributed by atoms with E-state index in [1.54, 1.807) is 0 Å². The van der Waals surface area contributed by atoms with E-state index in [-0.39, 0.29) is 12.1 Å². The fourth-order valence-electron chi connectivity index (χ4n) is 2.65. The largest absolute Gasteiger partial charge is 0.336 e. The first-order valence-electron chi connectivity index (χ1n) is 5.78. The molecular formula is C10H19NO3S. The summed E-state index contributed by atoms with van der Waals surface area (Å²) in [5, 5.41) is 0. The molecule has 1 N–H and O–H groups in total. The molecule has 88 valence electrons. The molecule has 0 radical (unpaired) electrons. The Balaban J connectivity index is 2.06. The van der Waals surface area contributed by atoms with Gasteiger partial charge in [0.2, 0.25) is 0 Å². The molecule has 2 unspecified atom stereocenters. The van der Waals surface area contributed by atoms with Crippen LogP contribution in [0.25, 0.3) is 0 Å². The van der Waals surface area contributed by atoms with Crippen LogP contribution in [-0.2, 0) is 10.3 Å². The lowest BCUT2D eigenvalue weighted by Gasteiger charge is -2.25. The van der Waals surface area contributed by atoms with Gasteiger partial charge in [-0.1, -0.05) is 13.3 Å². The summed E-state index contributed by atoms with van der Waals surface area (Å²) in [5.41, 5.74) is 0. The van der Waals surface area contributed by atoms with Crippen LogP contribution in [0, 0.1) is 5.92 Å². The number of hydrogen-bond donors (Lipinski definition) is 1. The second kappa shape index (κ2) is 4.03. The molecule has 4 nitrogen and oxygen atoms in total. The van der Waals surface area contributed by atoms with E-state index in [0.717, 1.165) is 38.5 Å². The second-order valence-electron chi connectivity index (χ2n) is 4.78. The lowest BCUT2D eigenvalue weighted by atomic mass is 10.1. The van der Waals surface area contributed by atoms with Crippen LogP contribution < -0.4 is 0 Å². The van der Waals surface area contributed by atoms with E-state index in [0.29, 0.717) is 5.92 Å². The molecule has 15 heavy (non-hydrogen) atoms. The van der Waals surface area contributed by atoms with Crippen LogP contribution in [0.5, 0.6) is 0 Å². The van der Waals surface area contributed by atoms with Crippen molar-refractivity contribution in [3.8, 4) is 0 Å². The van der Waals surface area contributed by atoms with Crippen molar-refractivity contribution < 1.29 is 13.0 Å². The van der Waals surface area contributed by atoms with E-state index in [9.17, 15) is 13.0 Å². The molecule has 5 heteroatoms. The van der Waals surface area contributed by atoms with E-state index < -0.39 is 10.3 Å². The highest BCUT2D eigenvalue weighted by molar-refractivity contribution is 7.83. The van der Waals surface area contributed by atoms with Crippen molar-refractivity contribution in [3.63, 3.8) is 0 Å². The van der Waals surface area contributed by atoms with Gasteiger partial charge in [0.1, 0.15) is 0 Å². The molecule has 0 aromatic rings. The minimum atomic E-state index is -3.98. The summed E-state index contributed by atoms with van der Waals surface area (Å²) in [6.07, 6.45) is 5.86. The minimum absolute atomic E-state index is 0.0532. The van der Waals surface area contributed by atoms with E-state index in [1.807, 2.05) is 0 Å². The molecule has 2 aliphatic rings. The topological polar surface area (TPSA) is 57.6 Å². The number of nitrogens with zero attached hydrogens (tertiary/aromatic N) is 1. The van der Waals surface area contributed by atoms with Gasteiger partial charge in [0, 0.05) is 12.1 Å². The molecule has 2 aliphatic carbocycles. The third-order valence-electron chi connectivity index (χ3n) is 3.62. The Hall–Kier alpha value is -0.130. The van der Waals surface area contributed by atoms with Crippen LogP contribution in [0.3, 0.4) is 0 Å². The van der Waals surface area contributed by atoms with Gasteiger partial charge in [-0.15, -0.1) is 0 Å². The fourth-order valence-corrected chi connectivity index (χ4v) is 3.81. The van der Waals surface area contributed by atoms with Crippen molar-refractivity contribution >= 4 is 10.3 Å². The zero-order chi connectivity index (χ0) is 11.1. The molecule has 0 heterocycles. The monoisotopic (exact) mass is 233 g/mol. The molecule has 0 saturated heterocycles. The van der Waals surface area contributed by atoms with Gasteiger partial charge in [0.25, 0.3) is 0 Å². The second-order valence-corrected chi connectivity index (χ2v) is 6.10. The van der Waals surface area contributed by atoms with Crippen molar-refractivity contribution in [1.82, 2.24) is 4.31 Å². The van der Waals surface area contributed by atoms with E-state index in [2.05, 4.69) is 6.92 Å². The summed E-state index contributed by atoms with van der Waals surface area (Å²) in [6.45, 7) is 2.14. The highest BCUT2D eigenvalue weighted by Gasteiger charge is 2.43. The predicted octanol–water partition coefficient (Wildman–Crippen LogP) is 1.83. The van der Waals surface area contributed by atoms with E-state index in [4.69, 9.17) is 0 Å². The Morgan fingerprint density at radius 2 is 1.80 bits per heavy atom. The minimum Gasteiger partial charge on any atom is -0.273 e. The van der Waals surface area contributed by atoms with Crippen LogP contribution >= 0.6 is 0 Å². The molecule has 2 rings (SSSR count). The molecule has 2 saturated carbocycles. The average molecular weight is 233 g/mol. The predicted molar refractivity (Wildman–Crippen MR) is 57.8 cm³/mol. The van der Waals surface area contributed by atoms with Crippen LogP contribution in [0.1, 0.15) is 45.4 Å². The van der Waals surface area contributed by atoms with Crippen LogP contribution in [0.2, 0.25) is 0 Å². The third-order valence-corrected chi connectivity index (χ3v) is 4.75. The van der Waals surface area contributed by atoms with Crippen molar-refractivity contribution in [3.05, 3.63) is 0 Å². The first-order valence-corrected chi connectivity index (χ1v) is 7.18. The average Bonchev–Trinajstić information content (AvgIpc) is 2.81. The van der Waals surface area contributed by atoms with Gasteiger partial charge in [-0.25, -0.2) is 0 Å². The Labute approximate surface area is 91.5 Å². The van der Waals surface area contributed by atoms with Gasteiger partial charge in [-0.3, -0.25) is 4.55 Å². The summed E-state index contributed by atoms with van der Waals surface area (Å²) in [6, 6.07) is 0.137. The van der Waals surface area contributed by atoms with Crippen molar-refractivity contribution in [2.45, 2.75) is 57.5 Å². The standard InChI is InChI=1S/C10H19NO3S/c1-2-8-3-4-10(7-8)11(9-5-6-9)15(12,13)14/h8-10H,2-7H2,1H3,(H,12,13,14). The third kappa shape index (κ3) is 2.52. The molecule has 2 atom stereocenters. The Morgan fingerprint density at radius 1 is 1.20 bits per heavy atom. The summed E-state index contributed by atoms with van der Waals surface area (Å²) in [4.78, 5) is 0. The molecule has 2 fully saturated rings. The number of hydrogen-bond acceptors (Lipinski definition) is 2. The van der Waals surface area contributed by atoms with E-state index >= 15 is 0 Å². The summed E-state index contributed by atoms with van der Waals surface area (Å²) < 4.78 is 33.1. The van der Waals surface area contributed by atoms with Gasteiger partial charge in [0.15, 0.2) is 0 Å². The normalized spacial score (nSPS) is 32.5. The van der Waals surface area contributed by atoms with Gasteiger partial charge < -0.3 is 0 Å². The molecule has 0 bridgehead atoms. The van der Waals surface area contributed by atoms with Crippen LogP contribution in [0.15, 0.2) is 0 Å². The number of rotatable bonds is 4. The smallest absolute Gasteiger partial charge is 0.273 e. The summed E-state index contributed by atoms with van der Waals surface area (Å²) in [7, 11) is -3.98. The van der Waals surface area contributed by atoms with Crippen molar-refractivity contribution in [2.24, 2.45) is 5.92 Å². The van der Waals surface area contributed by atoms with Gasteiger partial charge >= 0.3 is 10.3 Å². The molecule has 0 amide bonds. The summed E-state index contributed by atoms with van der Waals surface area (Å²) in [5.74, 6) is 0.637. The quantitative estimate of drug-likeness (QED) is 0.754. The maximum atomic E-state index is 11.3. The van der Waals surface area contributed by atoms with Crippen LogP contribution in [0.4, 0.5) is 0 Å². The lowest BCUT2D eigenvalue weighted by molar-refractivity contribution is 0.273. The maximum Gasteiger partial charge on any atom is 0.336 e. The zero-order valence-electron chi connectivity index (χ0n) is 9.09. The highest BCUT2D eigenvalue weighted by atomic mass is 32.2.